The van der Waals surface area contributed by atoms with E-state index < -0.39 is 0 Å². The summed E-state index contributed by atoms with van der Waals surface area (Å²) in [5, 5.41) is 6.19. The van der Waals surface area contributed by atoms with E-state index in [0.717, 1.165) is 10.0 Å². The van der Waals surface area contributed by atoms with Gasteiger partial charge < -0.3 is 20.3 Å². The number of aryl methyl sites for hydroxylation is 1. The summed E-state index contributed by atoms with van der Waals surface area (Å²) >= 11 is 3.46. The maximum Gasteiger partial charge on any atom is 0.241 e. The number of nitrogens with zero attached hydrogens (tertiary/aromatic N) is 2. The normalized spacial score (nSPS) is 10.8. The molecular formula is C16H26BrIN4O2. The summed E-state index contributed by atoms with van der Waals surface area (Å²) in [5.74, 6) is 0.589. The van der Waals surface area contributed by atoms with Gasteiger partial charge in [-0.3, -0.25) is 4.79 Å². The number of methoxy groups -OCH3 is 1. The molecule has 0 saturated heterocycles. The lowest BCUT2D eigenvalue weighted by atomic mass is 10.1. The Morgan fingerprint density at radius 3 is 2.62 bits per heavy atom. The zero-order valence-electron chi connectivity index (χ0n) is 14.6. The van der Waals surface area contributed by atoms with E-state index in [1.54, 1.807) is 26.1 Å². The van der Waals surface area contributed by atoms with Crippen LogP contribution >= 0.6 is 39.9 Å². The number of rotatable bonds is 7. The zero-order chi connectivity index (χ0) is 17.2. The van der Waals surface area contributed by atoms with Gasteiger partial charge in [-0.25, -0.2) is 4.99 Å². The second kappa shape index (κ2) is 12.5. The molecule has 136 valence electrons. The van der Waals surface area contributed by atoms with Crippen LogP contribution in [-0.2, 0) is 16.1 Å². The van der Waals surface area contributed by atoms with Gasteiger partial charge in [0.05, 0.1) is 19.7 Å². The highest BCUT2D eigenvalue weighted by Crippen LogP contribution is 2.16. The van der Waals surface area contributed by atoms with Gasteiger partial charge in [0.15, 0.2) is 5.96 Å². The minimum absolute atomic E-state index is 0. The molecular weight excluding hydrogens is 487 g/mol. The Balaban J connectivity index is 0.00000529. The first kappa shape index (κ1) is 23.1. The fraction of sp³-hybridized carbons (Fsp3) is 0.500. The Morgan fingerprint density at radius 1 is 1.33 bits per heavy atom. The second-order valence-electron chi connectivity index (χ2n) is 5.30. The molecule has 0 spiro atoms. The van der Waals surface area contributed by atoms with Gasteiger partial charge in [-0.15, -0.1) is 24.0 Å². The first-order valence-electron chi connectivity index (χ1n) is 7.40. The molecule has 1 aromatic rings. The lowest BCUT2D eigenvalue weighted by molar-refractivity contribution is -0.127. The fourth-order valence-electron chi connectivity index (χ4n) is 1.76. The first-order chi connectivity index (χ1) is 10.9. The quantitative estimate of drug-likeness (QED) is 0.254. The number of carbonyl (C=O) groups excluding carboxylic acids is 1. The van der Waals surface area contributed by atoms with Crippen molar-refractivity contribution < 1.29 is 9.53 Å². The van der Waals surface area contributed by atoms with E-state index in [4.69, 9.17) is 4.74 Å². The summed E-state index contributed by atoms with van der Waals surface area (Å²) in [5.41, 5.74) is 2.31. The molecule has 0 bridgehead atoms. The van der Waals surface area contributed by atoms with E-state index in [1.165, 1.54) is 5.56 Å². The average molecular weight is 513 g/mol. The van der Waals surface area contributed by atoms with Gasteiger partial charge in [-0.05, 0) is 30.2 Å². The lowest BCUT2D eigenvalue weighted by Gasteiger charge is -2.15. The van der Waals surface area contributed by atoms with Crippen LogP contribution in [0.4, 0.5) is 0 Å². The monoisotopic (exact) mass is 512 g/mol. The van der Waals surface area contributed by atoms with Crippen LogP contribution in [-0.4, -0.2) is 57.7 Å². The molecule has 1 aromatic carbocycles. The van der Waals surface area contributed by atoms with Crippen LogP contribution in [0.1, 0.15) is 11.1 Å². The number of likely N-dealkylation sites (N-methyl/N-ethyl adjacent to an activating group) is 1. The molecule has 2 N–H and O–H groups in total. The third-order valence-electron chi connectivity index (χ3n) is 3.22. The number of benzene rings is 1. The largest absolute Gasteiger partial charge is 0.383 e. The molecule has 0 heterocycles. The van der Waals surface area contributed by atoms with Crippen LogP contribution in [0.3, 0.4) is 0 Å². The van der Waals surface area contributed by atoms with Crippen LogP contribution < -0.4 is 10.6 Å². The van der Waals surface area contributed by atoms with Crippen molar-refractivity contribution in [3.63, 3.8) is 0 Å². The van der Waals surface area contributed by atoms with E-state index in [1.807, 2.05) is 12.1 Å². The molecule has 24 heavy (non-hydrogen) atoms. The topological polar surface area (TPSA) is 66.0 Å². The molecule has 0 aliphatic carbocycles. The third-order valence-corrected chi connectivity index (χ3v) is 3.71. The van der Waals surface area contributed by atoms with Gasteiger partial charge in [0.2, 0.25) is 5.91 Å². The smallest absolute Gasteiger partial charge is 0.241 e. The number of nitrogens with one attached hydrogen (secondary N) is 2. The van der Waals surface area contributed by atoms with Crippen LogP contribution in [0.5, 0.6) is 0 Å². The summed E-state index contributed by atoms with van der Waals surface area (Å²) < 4.78 is 6.08. The number of hydrogen-bond donors (Lipinski definition) is 2. The minimum atomic E-state index is -0.00827. The molecule has 0 aliphatic heterocycles. The molecule has 0 atom stereocenters. The Morgan fingerprint density at radius 2 is 2.04 bits per heavy atom. The van der Waals surface area contributed by atoms with Crippen LogP contribution in [0, 0.1) is 6.92 Å². The first-order valence-corrected chi connectivity index (χ1v) is 8.19. The summed E-state index contributed by atoms with van der Waals surface area (Å²) in [6, 6.07) is 6.10. The van der Waals surface area contributed by atoms with Gasteiger partial charge >= 0.3 is 0 Å². The maximum atomic E-state index is 11.7. The highest BCUT2D eigenvalue weighted by atomic mass is 127. The van der Waals surface area contributed by atoms with E-state index >= 15 is 0 Å². The number of halogens is 2. The van der Waals surface area contributed by atoms with E-state index in [2.05, 4.69) is 44.5 Å². The van der Waals surface area contributed by atoms with Gasteiger partial charge in [-0.2, -0.15) is 0 Å². The number of ether oxygens (including phenoxy) is 1. The predicted molar refractivity (Wildman–Crippen MR) is 112 cm³/mol. The van der Waals surface area contributed by atoms with Crippen molar-refractivity contribution in [3.05, 3.63) is 33.8 Å². The van der Waals surface area contributed by atoms with E-state index in [-0.39, 0.29) is 36.4 Å². The Bertz CT molecular complexity index is 553. The molecule has 0 aromatic heterocycles. The van der Waals surface area contributed by atoms with Crippen LogP contribution in [0.15, 0.2) is 27.7 Å². The number of hydrogen-bond acceptors (Lipinski definition) is 3. The maximum absolute atomic E-state index is 11.7. The standard InChI is InChI=1S/C16H25BrN4O2.HI/c1-12-9-14(17)6-5-13(12)10-19-16(18-7-8-23-4)20-11-15(22)21(2)3;/h5-6,9H,7-8,10-11H2,1-4H3,(H2,18,19,20);1H. The Hall–Kier alpha value is -0.870. The van der Waals surface area contributed by atoms with Crippen molar-refractivity contribution in [2.24, 2.45) is 4.99 Å². The van der Waals surface area contributed by atoms with Crippen molar-refractivity contribution in [1.29, 1.82) is 0 Å². The van der Waals surface area contributed by atoms with Crippen LogP contribution in [0.2, 0.25) is 0 Å². The molecule has 0 aliphatic rings. The highest BCUT2D eigenvalue weighted by molar-refractivity contribution is 14.0. The summed E-state index contributed by atoms with van der Waals surface area (Å²) in [6.45, 7) is 3.98. The molecule has 0 unspecified atom stereocenters. The van der Waals surface area contributed by atoms with Crippen molar-refractivity contribution in [2.75, 3.05) is 40.9 Å². The number of guanidine groups is 1. The highest BCUT2D eigenvalue weighted by Gasteiger charge is 2.06. The minimum Gasteiger partial charge on any atom is -0.383 e. The van der Waals surface area contributed by atoms with Gasteiger partial charge in [0.1, 0.15) is 0 Å². The van der Waals surface area contributed by atoms with Gasteiger partial charge in [0, 0.05) is 32.2 Å². The summed E-state index contributed by atoms with van der Waals surface area (Å²) in [6.07, 6.45) is 0. The number of carbonyl (C=O) groups is 1. The molecule has 1 amide bonds. The van der Waals surface area contributed by atoms with Crippen molar-refractivity contribution in [1.82, 2.24) is 15.5 Å². The SMILES string of the molecule is COCCNC(=NCc1ccc(Br)cc1C)NCC(=O)N(C)C.I. The van der Waals surface area contributed by atoms with E-state index in [9.17, 15) is 4.79 Å². The fourth-order valence-corrected chi connectivity index (χ4v) is 2.24. The average Bonchev–Trinajstić information content (AvgIpc) is 2.50. The Labute approximate surface area is 169 Å². The van der Waals surface area contributed by atoms with Crippen molar-refractivity contribution >= 4 is 51.8 Å². The summed E-state index contributed by atoms with van der Waals surface area (Å²) in [4.78, 5) is 17.8. The van der Waals surface area contributed by atoms with Crippen molar-refractivity contribution in [2.45, 2.75) is 13.5 Å². The Kier molecular flexibility index (Phi) is 12.0. The second-order valence-corrected chi connectivity index (χ2v) is 6.21. The van der Waals surface area contributed by atoms with Crippen molar-refractivity contribution in [3.8, 4) is 0 Å². The van der Waals surface area contributed by atoms with E-state index in [0.29, 0.717) is 25.7 Å². The zero-order valence-corrected chi connectivity index (χ0v) is 18.5. The number of amides is 1. The molecule has 0 radical (unpaired) electrons. The third kappa shape index (κ3) is 8.84. The predicted octanol–water partition coefficient (Wildman–Crippen LogP) is 2.15. The molecule has 8 heteroatoms. The van der Waals surface area contributed by atoms with Gasteiger partial charge in [0.25, 0.3) is 0 Å². The number of aliphatic imine (C=N–C) groups is 1. The van der Waals surface area contributed by atoms with Crippen LogP contribution in [0.25, 0.3) is 0 Å². The lowest BCUT2D eigenvalue weighted by Crippen LogP contribution is -2.43. The van der Waals surface area contributed by atoms with Gasteiger partial charge in [-0.1, -0.05) is 22.0 Å². The molecule has 0 fully saturated rings. The molecule has 1 rings (SSSR count). The molecule has 6 nitrogen and oxygen atoms in total. The molecule has 0 saturated carbocycles. The summed E-state index contributed by atoms with van der Waals surface area (Å²) in [7, 11) is 5.10.